The van der Waals surface area contributed by atoms with Crippen LogP contribution in [0.3, 0.4) is 0 Å². The van der Waals surface area contributed by atoms with E-state index in [1.807, 2.05) is 6.92 Å². The number of esters is 2. The number of hydrogen-bond acceptors (Lipinski definition) is 15. The predicted octanol–water partition coefficient (Wildman–Crippen LogP) is 5.98. The largest absolute Gasteiger partial charge is 0.472 e. The Morgan fingerprint density at radius 2 is 1.42 bits per heavy atom. The zero-order valence-corrected chi connectivity index (χ0v) is 39.2. The van der Waals surface area contributed by atoms with Gasteiger partial charge in [-0.2, -0.15) is 0 Å². The highest BCUT2D eigenvalue weighted by atomic mass is 31.2. The lowest BCUT2D eigenvalue weighted by Gasteiger charge is -2.36. The van der Waals surface area contributed by atoms with Crippen molar-refractivity contribution in [3.05, 3.63) is 36.5 Å². The van der Waals surface area contributed by atoms with Gasteiger partial charge >= 0.3 is 19.8 Å². The van der Waals surface area contributed by atoms with Gasteiger partial charge in [0.2, 0.25) is 0 Å². The van der Waals surface area contributed by atoms with Crippen molar-refractivity contribution >= 4 is 25.5 Å². The standard InChI is InChI=1S/C47H81O16P/c1-3-5-7-8-9-10-11-12-13-14-15-16-17-18-23-27-40(51)60-32-35-33-61-64(58,59)63-47-45(56)43(54)37(30-29-34(48)25-21-6-4-2)39(50)31-38(49)36(42(53)44(55)46(47)57)26-22-19-20-24-28-41(52)62-35/h10-11,19,22,29-30,34-37,39,42-48,50,53-57H,3-9,12-18,20-21,23-28,31-33H2,1-2H3,(H,58,59)/b11-10-,22-19-,30-29+/t34-,35+,36-,37-,39+,42+,43+,44-,45+,46+,47+/m0/s1. The molecule has 1 fully saturated rings. The Labute approximate surface area is 380 Å². The van der Waals surface area contributed by atoms with Crippen molar-refractivity contribution in [3.63, 3.8) is 0 Å². The van der Waals surface area contributed by atoms with E-state index in [1.165, 1.54) is 43.9 Å². The summed E-state index contributed by atoms with van der Waals surface area (Å²) in [4.78, 5) is 49.9. The Bertz CT molecular complexity index is 1440. The van der Waals surface area contributed by atoms with Crippen molar-refractivity contribution < 1.29 is 78.1 Å². The zero-order valence-electron chi connectivity index (χ0n) is 38.3. The molecule has 8 N–H and O–H groups in total. The number of Topliss-reactive ketones (excluding diaryl/α,β-unsaturated/α-hetero) is 1. The molecule has 0 aromatic heterocycles. The topological polar surface area (TPSA) is 267 Å². The van der Waals surface area contributed by atoms with Crippen LogP contribution in [-0.4, -0.2) is 127 Å². The number of phosphoric acid groups is 1. The van der Waals surface area contributed by atoms with Crippen molar-refractivity contribution in [3.8, 4) is 0 Å². The zero-order chi connectivity index (χ0) is 47.3. The van der Waals surface area contributed by atoms with E-state index in [0.29, 0.717) is 25.7 Å². The average molecular weight is 933 g/mol. The van der Waals surface area contributed by atoms with E-state index in [0.717, 1.165) is 64.2 Å². The number of hydrogen-bond donors (Lipinski definition) is 8. The Hall–Kier alpha value is -2.34. The molecule has 12 atom stereocenters. The van der Waals surface area contributed by atoms with Gasteiger partial charge < -0.3 is 50.1 Å². The van der Waals surface area contributed by atoms with E-state index in [1.54, 1.807) is 6.08 Å². The number of carbonyl (C=O) groups is 3. The van der Waals surface area contributed by atoms with Crippen LogP contribution in [0.4, 0.5) is 0 Å². The molecule has 16 nitrogen and oxygen atoms in total. The number of aliphatic hydroxyl groups is 7. The molecule has 0 aromatic carbocycles. The molecule has 1 saturated carbocycles. The molecule has 64 heavy (non-hydrogen) atoms. The smallest absolute Gasteiger partial charge is 0.462 e. The van der Waals surface area contributed by atoms with Crippen molar-refractivity contribution in [1.29, 1.82) is 0 Å². The van der Waals surface area contributed by atoms with Gasteiger partial charge in [-0.25, -0.2) is 4.57 Å². The first kappa shape index (κ1) is 57.8. The second-order valence-corrected chi connectivity index (χ2v) is 18.8. The van der Waals surface area contributed by atoms with E-state index >= 15 is 0 Å². The average Bonchev–Trinajstić information content (AvgIpc) is 3.26. The molecule has 0 radical (unpaired) electrons. The third kappa shape index (κ3) is 23.4. The lowest BCUT2D eigenvalue weighted by Crippen LogP contribution is -2.55. The first-order chi connectivity index (χ1) is 30.6. The number of aliphatic hydroxyl groups excluding tert-OH is 7. The maximum absolute atomic E-state index is 13.6. The number of phosphoric ester groups is 1. The van der Waals surface area contributed by atoms with Crippen LogP contribution in [0.25, 0.3) is 0 Å². The molecule has 1 aliphatic heterocycles. The maximum atomic E-state index is 13.6. The molecule has 2 aliphatic rings. The summed E-state index contributed by atoms with van der Waals surface area (Å²) in [7, 11) is -5.45. The van der Waals surface area contributed by atoms with Crippen LogP contribution in [0.1, 0.15) is 162 Å². The van der Waals surface area contributed by atoms with Gasteiger partial charge in [0.05, 0.1) is 31.0 Å². The number of carbonyl (C=O) groups excluding carboxylic acids is 3. The molecule has 0 spiro atoms. The Kier molecular flexibility index (Phi) is 30.0. The second kappa shape index (κ2) is 33.2. The van der Waals surface area contributed by atoms with E-state index < -0.39 is 112 Å². The first-order valence-electron chi connectivity index (χ1n) is 23.9. The maximum Gasteiger partial charge on any atom is 0.472 e. The number of ketones is 1. The number of allylic oxidation sites excluding steroid dienone is 4. The highest BCUT2D eigenvalue weighted by molar-refractivity contribution is 7.47. The summed E-state index contributed by atoms with van der Waals surface area (Å²) >= 11 is 0. The third-order valence-corrected chi connectivity index (χ3v) is 12.8. The number of cyclic esters (lactones) is 1. The fraction of sp³-hybridized carbons (Fsp3) is 0.809. The monoisotopic (exact) mass is 933 g/mol. The van der Waals surface area contributed by atoms with Crippen LogP contribution in [-0.2, 0) is 37.5 Å². The highest BCUT2D eigenvalue weighted by Gasteiger charge is 2.49. The minimum Gasteiger partial charge on any atom is -0.462 e. The summed E-state index contributed by atoms with van der Waals surface area (Å²) in [6.07, 6.45) is 8.82. The van der Waals surface area contributed by atoms with Gasteiger partial charge in [0.15, 0.2) is 6.10 Å². The van der Waals surface area contributed by atoms with Gasteiger partial charge in [0, 0.05) is 31.1 Å². The summed E-state index contributed by atoms with van der Waals surface area (Å²) in [6.45, 7) is 2.78. The predicted molar refractivity (Wildman–Crippen MR) is 240 cm³/mol. The molecule has 2 rings (SSSR count). The van der Waals surface area contributed by atoms with Gasteiger partial charge in [-0.1, -0.05) is 121 Å². The lowest BCUT2D eigenvalue weighted by atomic mass is 9.84. The van der Waals surface area contributed by atoms with Crippen molar-refractivity contribution in [2.75, 3.05) is 13.2 Å². The van der Waals surface area contributed by atoms with Crippen LogP contribution in [0.2, 0.25) is 0 Å². The molecule has 0 saturated heterocycles. The van der Waals surface area contributed by atoms with Gasteiger partial charge in [0.25, 0.3) is 0 Å². The fourth-order valence-corrected chi connectivity index (χ4v) is 8.78. The molecule has 2 bridgehead atoms. The quantitative estimate of drug-likeness (QED) is 0.0254. The van der Waals surface area contributed by atoms with Crippen molar-refractivity contribution in [2.45, 2.75) is 216 Å². The summed E-state index contributed by atoms with van der Waals surface area (Å²) in [5.41, 5.74) is 0. The molecule has 1 aliphatic carbocycles. The van der Waals surface area contributed by atoms with Crippen molar-refractivity contribution in [1.82, 2.24) is 0 Å². The molecule has 1 heterocycles. The van der Waals surface area contributed by atoms with Gasteiger partial charge in [0.1, 0.15) is 36.8 Å². The van der Waals surface area contributed by atoms with E-state index in [2.05, 4.69) is 19.1 Å². The Morgan fingerprint density at radius 3 is 2.09 bits per heavy atom. The number of fused-ring (bicyclic) bond motifs is 4. The molecular formula is C47H81O16P. The van der Waals surface area contributed by atoms with Crippen LogP contribution in [0, 0.1) is 11.8 Å². The summed E-state index contributed by atoms with van der Waals surface area (Å²) in [5, 5.41) is 78.4. The van der Waals surface area contributed by atoms with Crippen LogP contribution < -0.4 is 0 Å². The van der Waals surface area contributed by atoms with Crippen LogP contribution in [0.15, 0.2) is 36.5 Å². The summed E-state index contributed by atoms with van der Waals surface area (Å²) in [6, 6.07) is 0. The summed E-state index contributed by atoms with van der Waals surface area (Å²) < 4.78 is 34.6. The molecule has 1 unspecified atom stereocenters. The highest BCUT2D eigenvalue weighted by Crippen LogP contribution is 2.47. The molecule has 0 aromatic rings. The molecule has 370 valence electrons. The first-order valence-corrected chi connectivity index (χ1v) is 25.4. The molecule has 17 heteroatoms. The normalized spacial score (nSPS) is 31.7. The Balaban J connectivity index is 2.15. The van der Waals surface area contributed by atoms with Gasteiger partial charge in [-0.3, -0.25) is 23.4 Å². The minimum atomic E-state index is -5.45. The Morgan fingerprint density at radius 1 is 0.812 bits per heavy atom. The van der Waals surface area contributed by atoms with E-state index in [-0.39, 0.29) is 25.7 Å². The minimum absolute atomic E-state index is 0.0988. The SMILES string of the molecule is CCCCCC/C=C\CCCCCCCCCC(=O)OC[C@@H]1COP(=O)(O)O[C@H]2[C@H](O)[C@@H](O)[C@H](O)[C@@H](C/C=C\CCCC(=O)O1)C(=O)C[C@@H](O)[C@H](/C=C/[C@@H](O)CCCCC)[C@@H](O)[C@H]2O. The van der Waals surface area contributed by atoms with E-state index in [4.69, 9.17) is 18.5 Å². The van der Waals surface area contributed by atoms with Gasteiger partial charge in [-0.05, 0) is 57.8 Å². The number of rotatable bonds is 23. The van der Waals surface area contributed by atoms with Crippen LogP contribution >= 0.6 is 7.82 Å². The number of ether oxygens (including phenoxy) is 2. The van der Waals surface area contributed by atoms with Crippen molar-refractivity contribution in [2.24, 2.45) is 11.8 Å². The summed E-state index contributed by atoms with van der Waals surface area (Å²) in [5.74, 6) is -5.06. The number of unbranched alkanes of at least 4 members (excludes halogenated alkanes) is 13. The fourth-order valence-electron chi connectivity index (χ4n) is 7.81. The lowest BCUT2D eigenvalue weighted by molar-refractivity contribution is -0.166. The van der Waals surface area contributed by atoms with Crippen LogP contribution in [0.5, 0.6) is 0 Å². The van der Waals surface area contributed by atoms with Gasteiger partial charge in [-0.15, -0.1) is 0 Å². The molecule has 0 amide bonds. The second-order valence-electron chi connectivity index (χ2n) is 17.4. The molecular weight excluding hydrogens is 851 g/mol. The van der Waals surface area contributed by atoms with E-state index in [9.17, 15) is 59.6 Å². The third-order valence-electron chi connectivity index (χ3n) is 11.8.